The molecule has 98 valence electrons. The van der Waals surface area contributed by atoms with E-state index in [4.69, 9.17) is 4.42 Å². The van der Waals surface area contributed by atoms with Crippen molar-refractivity contribution in [2.24, 2.45) is 7.05 Å². The molecular formula is C13H10BrNO3S. The molecule has 1 atom stereocenters. The van der Waals surface area contributed by atoms with Crippen molar-refractivity contribution in [2.75, 3.05) is 0 Å². The van der Waals surface area contributed by atoms with Crippen molar-refractivity contribution < 1.29 is 9.52 Å². The Morgan fingerprint density at radius 1 is 1.42 bits per heavy atom. The molecule has 0 aliphatic rings. The lowest BCUT2D eigenvalue weighted by atomic mass is 10.1. The topological polar surface area (TPSA) is 55.4 Å². The average molecular weight is 340 g/mol. The normalized spacial score (nSPS) is 13.0. The highest BCUT2D eigenvalue weighted by molar-refractivity contribution is 9.10. The van der Waals surface area contributed by atoms with Gasteiger partial charge >= 0.3 is 5.76 Å². The molecule has 2 heterocycles. The number of oxazole rings is 1. The number of rotatable bonds is 2. The second kappa shape index (κ2) is 4.63. The van der Waals surface area contributed by atoms with Crippen LogP contribution >= 0.6 is 27.3 Å². The van der Waals surface area contributed by atoms with Crippen molar-refractivity contribution in [1.82, 2.24) is 4.57 Å². The van der Waals surface area contributed by atoms with Gasteiger partial charge in [-0.3, -0.25) is 4.57 Å². The molecule has 3 rings (SSSR count). The van der Waals surface area contributed by atoms with E-state index in [-0.39, 0.29) is 0 Å². The summed E-state index contributed by atoms with van der Waals surface area (Å²) in [6.07, 6.45) is -0.732. The number of hydrogen-bond donors (Lipinski definition) is 1. The van der Waals surface area contributed by atoms with Crippen molar-refractivity contribution in [3.05, 3.63) is 55.1 Å². The van der Waals surface area contributed by atoms with Crippen LogP contribution in [-0.4, -0.2) is 9.67 Å². The van der Waals surface area contributed by atoms with E-state index in [1.807, 2.05) is 11.4 Å². The van der Waals surface area contributed by atoms with Crippen molar-refractivity contribution >= 4 is 38.4 Å². The lowest BCUT2D eigenvalue weighted by molar-refractivity contribution is 0.223. The van der Waals surface area contributed by atoms with E-state index in [0.29, 0.717) is 16.7 Å². The van der Waals surface area contributed by atoms with Gasteiger partial charge in [0, 0.05) is 11.5 Å². The van der Waals surface area contributed by atoms with Gasteiger partial charge < -0.3 is 9.52 Å². The van der Waals surface area contributed by atoms with Crippen molar-refractivity contribution in [1.29, 1.82) is 0 Å². The summed E-state index contributed by atoms with van der Waals surface area (Å²) in [7, 11) is 1.65. The van der Waals surface area contributed by atoms with Crippen LogP contribution in [-0.2, 0) is 7.05 Å². The summed E-state index contributed by atoms with van der Waals surface area (Å²) >= 11 is 4.87. The standard InChI is InChI=1S/C13H10BrNO3S/c1-15-9-3-2-7(6-10(9)18-13(15)17)11(16)12-8(14)4-5-19-12/h2-6,11,16H,1H3. The predicted octanol–water partition coefficient (Wildman–Crippen LogP) is 3.04. The number of hydrogen-bond acceptors (Lipinski definition) is 4. The molecule has 4 nitrogen and oxygen atoms in total. The van der Waals surface area contributed by atoms with Gasteiger partial charge in [0.25, 0.3) is 0 Å². The van der Waals surface area contributed by atoms with Crippen LogP contribution < -0.4 is 5.76 Å². The number of aliphatic hydroxyl groups is 1. The van der Waals surface area contributed by atoms with Gasteiger partial charge in [-0.15, -0.1) is 11.3 Å². The van der Waals surface area contributed by atoms with E-state index in [1.54, 1.807) is 25.2 Å². The fourth-order valence-corrected chi connectivity index (χ4v) is 3.57. The summed E-state index contributed by atoms with van der Waals surface area (Å²) in [4.78, 5) is 12.3. The molecule has 0 fully saturated rings. The monoisotopic (exact) mass is 339 g/mol. The third-order valence-electron chi connectivity index (χ3n) is 3.03. The van der Waals surface area contributed by atoms with Gasteiger partial charge in [0.05, 0.1) is 10.4 Å². The first-order chi connectivity index (χ1) is 9.08. The van der Waals surface area contributed by atoms with Crippen LogP contribution in [0.1, 0.15) is 16.5 Å². The highest BCUT2D eigenvalue weighted by Gasteiger charge is 2.17. The number of aryl methyl sites for hydroxylation is 1. The Hall–Kier alpha value is -1.37. The molecule has 0 aliphatic carbocycles. The zero-order valence-corrected chi connectivity index (χ0v) is 12.4. The quantitative estimate of drug-likeness (QED) is 0.780. The number of nitrogens with zero attached hydrogens (tertiary/aromatic N) is 1. The number of benzene rings is 1. The molecule has 0 aliphatic heterocycles. The zero-order valence-electron chi connectivity index (χ0n) is 9.96. The molecule has 0 saturated heterocycles. The van der Waals surface area contributed by atoms with Gasteiger partial charge in [0.1, 0.15) is 6.10 Å². The summed E-state index contributed by atoms with van der Waals surface area (Å²) in [5.41, 5.74) is 1.90. The summed E-state index contributed by atoms with van der Waals surface area (Å²) in [6.45, 7) is 0. The number of thiophene rings is 1. The fourth-order valence-electron chi connectivity index (χ4n) is 1.97. The van der Waals surface area contributed by atoms with Crippen LogP contribution in [0.3, 0.4) is 0 Å². The van der Waals surface area contributed by atoms with Gasteiger partial charge in [-0.05, 0) is 45.1 Å². The van der Waals surface area contributed by atoms with Crippen LogP contribution in [0.5, 0.6) is 0 Å². The maximum absolute atomic E-state index is 11.4. The first-order valence-electron chi connectivity index (χ1n) is 5.58. The van der Waals surface area contributed by atoms with Gasteiger partial charge in [-0.25, -0.2) is 4.79 Å². The van der Waals surface area contributed by atoms with Gasteiger partial charge in [-0.1, -0.05) is 6.07 Å². The number of aliphatic hydroxyl groups excluding tert-OH is 1. The van der Waals surface area contributed by atoms with E-state index in [1.165, 1.54) is 15.9 Å². The molecule has 1 aromatic carbocycles. The smallest absolute Gasteiger partial charge is 0.408 e. The number of halogens is 1. The lowest BCUT2D eigenvalue weighted by Gasteiger charge is -2.09. The SMILES string of the molecule is Cn1c(=O)oc2cc(C(O)c3sccc3Br)ccc21. The molecule has 19 heavy (non-hydrogen) atoms. The Bertz CT molecular complexity index is 802. The molecule has 0 spiro atoms. The van der Waals surface area contributed by atoms with E-state index in [0.717, 1.165) is 9.35 Å². The lowest BCUT2D eigenvalue weighted by Crippen LogP contribution is -2.08. The van der Waals surface area contributed by atoms with Crippen LogP contribution in [0.2, 0.25) is 0 Å². The summed E-state index contributed by atoms with van der Waals surface area (Å²) in [6, 6.07) is 7.17. The summed E-state index contributed by atoms with van der Waals surface area (Å²) < 4.78 is 7.44. The maximum atomic E-state index is 11.4. The third kappa shape index (κ3) is 2.05. The van der Waals surface area contributed by atoms with Crippen LogP contribution in [0.4, 0.5) is 0 Å². The first-order valence-corrected chi connectivity index (χ1v) is 7.25. The van der Waals surface area contributed by atoms with Crippen molar-refractivity contribution in [3.63, 3.8) is 0 Å². The number of fused-ring (bicyclic) bond motifs is 1. The van der Waals surface area contributed by atoms with Crippen LogP contribution in [0.25, 0.3) is 11.1 Å². The third-order valence-corrected chi connectivity index (χ3v) is 4.95. The molecule has 1 unspecified atom stereocenters. The Balaban J connectivity index is 2.11. The van der Waals surface area contributed by atoms with Crippen molar-refractivity contribution in [2.45, 2.75) is 6.10 Å². The van der Waals surface area contributed by atoms with Crippen LogP contribution in [0, 0.1) is 0 Å². The van der Waals surface area contributed by atoms with E-state index in [9.17, 15) is 9.90 Å². The summed E-state index contributed by atoms with van der Waals surface area (Å²) in [5, 5.41) is 12.3. The van der Waals surface area contributed by atoms with Crippen molar-refractivity contribution in [3.8, 4) is 0 Å². The average Bonchev–Trinajstić information content (AvgIpc) is 2.93. The fraction of sp³-hybridized carbons (Fsp3) is 0.154. The molecule has 0 saturated carbocycles. The molecule has 2 aromatic heterocycles. The summed E-state index contributed by atoms with van der Waals surface area (Å²) in [5.74, 6) is -0.404. The van der Waals surface area contributed by atoms with Gasteiger partial charge in [-0.2, -0.15) is 0 Å². The van der Waals surface area contributed by atoms with Gasteiger partial charge in [0.15, 0.2) is 5.58 Å². The molecule has 3 aromatic rings. The Morgan fingerprint density at radius 2 is 2.21 bits per heavy atom. The molecular weight excluding hydrogens is 330 g/mol. The Morgan fingerprint density at radius 3 is 2.89 bits per heavy atom. The molecule has 1 N–H and O–H groups in total. The minimum absolute atomic E-state index is 0.404. The van der Waals surface area contributed by atoms with Crippen LogP contribution in [0.15, 0.2) is 43.3 Å². The largest absolute Gasteiger partial charge is 0.419 e. The minimum Gasteiger partial charge on any atom is -0.408 e. The molecule has 0 bridgehead atoms. The highest BCUT2D eigenvalue weighted by atomic mass is 79.9. The maximum Gasteiger partial charge on any atom is 0.419 e. The Labute approximate surface area is 121 Å². The van der Waals surface area contributed by atoms with Gasteiger partial charge in [0.2, 0.25) is 0 Å². The second-order valence-electron chi connectivity index (χ2n) is 4.19. The molecule has 6 heteroatoms. The molecule has 0 radical (unpaired) electrons. The number of aromatic nitrogens is 1. The Kier molecular flexibility index (Phi) is 3.08. The zero-order chi connectivity index (χ0) is 13.6. The first kappa shape index (κ1) is 12.7. The van der Waals surface area contributed by atoms with E-state index in [2.05, 4.69) is 15.9 Å². The minimum atomic E-state index is -0.732. The van der Waals surface area contributed by atoms with E-state index >= 15 is 0 Å². The highest BCUT2D eigenvalue weighted by Crippen LogP contribution is 2.33. The molecule has 0 amide bonds. The van der Waals surface area contributed by atoms with E-state index < -0.39 is 11.9 Å². The predicted molar refractivity (Wildman–Crippen MR) is 77.5 cm³/mol. The second-order valence-corrected chi connectivity index (χ2v) is 5.99.